The molecule has 1 aromatic heterocycles. The lowest BCUT2D eigenvalue weighted by Gasteiger charge is -2.25. The summed E-state index contributed by atoms with van der Waals surface area (Å²) in [4.78, 5) is 10.8. The van der Waals surface area contributed by atoms with Crippen molar-refractivity contribution in [3.63, 3.8) is 0 Å². The molecule has 0 amide bonds. The predicted octanol–water partition coefficient (Wildman–Crippen LogP) is 1.62. The van der Waals surface area contributed by atoms with Gasteiger partial charge in [-0.05, 0) is 25.0 Å². The Hall–Kier alpha value is -0.920. The van der Waals surface area contributed by atoms with Gasteiger partial charge in [0, 0.05) is 13.1 Å². The lowest BCUT2D eigenvalue weighted by molar-refractivity contribution is 0.0702. The second-order valence-corrected chi connectivity index (χ2v) is 7.14. The molecule has 0 aromatic carbocycles. The smallest absolute Gasteiger partial charge is 0.345 e. The Labute approximate surface area is 104 Å². The van der Waals surface area contributed by atoms with Gasteiger partial charge in [0.25, 0.3) is 10.0 Å². The fourth-order valence-electron chi connectivity index (χ4n) is 1.81. The van der Waals surface area contributed by atoms with Crippen LogP contribution in [0.3, 0.4) is 0 Å². The molecule has 7 heteroatoms. The molecule has 1 aliphatic rings. The molecule has 0 aliphatic carbocycles. The summed E-state index contributed by atoms with van der Waals surface area (Å²) < 4.78 is 25.9. The van der Waals surface area contributed by atoms with E-state index in [-0.39, 0.29) is 9.09 Å². The average molecular weight is 275 g/mol. The van der Waals surface area contributed by atoms with Crippen LogP contribution in [-0.2, 0) is 10.0 Å². The normalized spacial score (nSPS) is 18.1. The lowest BCUT2D eigenvalue weighted by Crippen LogP contribution is -2.35. The van der Waals surface area contributed by atoms with Gasteiger partial charge in [-0.15, -0.1) is 11.3 Å². The second-order valence-electron chi connectivity index (χ2n) is 3.89. The maximum absolute atomic E-state index is 12.2. The van der Waals surface area contributed by atoms with Gasteiger partial charge in [-0.25, -0.2) is 13.2 Å². The van der Waals surface area contributed by atoms with Crippen molar-refractivity contribution in [1.29, 1.82) is 0 Å². The van der Waals surface area contributed by atoms with Crippen molar-refractivity contribution in [1.82, 2.24) is 4.31 Å². The third-order valence-electron chi connectivity index (χ3n) is 2.70. The maximum atomic E-state index is 12.2. The van der Waals surface area contributed by atoms with Gasteiger partial charge in [0.2, 0.25) is 0 Å². The Morgan fingerprint density at radius 2 is 1.88 bits per heavy atom. The van der Waals surface area contributed by atoms with Crippen LogP contribution in [0.2, 0.25) is 0 Å². The Kier molecular flexibility index (Phi) is 3.50. The predicted molar refractivity (Wildman–Crippen MR) is 63.9 cm³/mol. The molecule has 0 saturated carbocycles. The van der Waals surface area contributed by atoms with Crippen LogP contribution in [0.5, 0.6) is 0 Å². The van der Waals surface area contributed by atoms with Crippen LogP contribution >= 0.6 is 11.3 Å². The zero-order valence-corrected chi connectivity index (χ0v) is 10.8. The average Bonchev–Trinajstić information content (AvgIpc) is 2.80. The number of hydrogen-bond acceptors (Lipinski definition) is 4. The highest BCUT2D eigenvalue weighted by atomic mass is 32.2. The van der Waals surface area contributed by atoms with Crippen molar-refractivity contribution < 1.29 is 18.3 Å². The van der Waals surface area contributed by atoms with Crippen molar-refractivity contribution >= 4 is 27.3 Å². The van der Waals surface area contributed by atoms with Gasteiger partial charge in [-0.3, -0.25) is 0 Å². The van der Waals surface area contributed by atoms with Gasteiger partial charge in [-0.1, -0.05) is 6.42 Å². The van der Waals surface area contributed by atoms with Crippen molar-refractivity contribution in [2.24, 2.45) is 0 Å². The molecule has 1 aliphatic heterocycles. The molecule has 1 fully saturated rings. The number of thiophene rings is 1. The molecule has 2 rings (SSSR count). The van der Waals surface area contributed by atoms with Crippen LogP contribution in [0.1, 0.15) is 28.9 Å². The minimum absolute atomic E-state index is 0.0561. The Bertz CT molecular complexity index is 514. The van der Waals surface area contributed by atoms with Crippen molar-refractivity contribution in [2.75, 3.05) is 13.1 Å². The first kappa shape index (κ1) is 12.5. The minimum atomic E-state index is -3.49. The monoisotopic (exact) mass is 275 g/mol. The first-order valence-electron chi connectivity index (χ1n) is 5.35. The quantitative estimate of drug-likeness (QED) is 0.909. The summed E-state index contributed by atoms with van der Waals surface area (Å²) in [5.74, 6) is -1.09. The summed E-state index contributed by atoms with van der Waals surface area (Å²) in [7, 11) is -3.49. The van der Waals surface area contributed by atoms with Gasteiger partial charge >= 0.3 is 5.97 Å². The van der Waals surface area contributed by atoms with Crippen molar-refractivity contribution in [3.05, 3.63) is 17.0 Å². The highest BCUT2D eigenvalue weighted by Gasteiger charge is 2.27. The number of nitrogens with zero attached hydrogens (tertiary/aromatic N) is 1. The van der Waals surface area contributed by atoms with Gasteiger partial charge in [0.05, 0.1) is 0 Å². The molecular formula is C10H13NO4S2. The lowest BCUT2D eigenvalue weighted by atomic mass is 10.2. The first-order chi connectivity index (χ1) is 8.01. The zero-order valence-electron chi connectivity index (χ0n) is 9.13. The molecule has 1 aromatic rings. The molecule has 5 nitrogen and oxygen atoms in total. The van der Waals surface area contributed by atoms with Crippen LogP contribution in [0.25, 0.3) is 0 Å². The third-order valence-corrected chi connectivity index (χ3v) is 6.14. The Morgan fingerprint density at radius 3 is 2.41 bits per heavy atom. The highest BCUT2D eigenvalue weighted by molar-refractivity contribution is 7.91. The molecule has 0 unspecified atom stereocenters. The summed E-state index contributed by atoms with van der Waals surface area (Å²) in [6.07, 6.45) is 2.80. The number of aromatic carboxylic acids is 1. The van der Waals surface area contributed by atoms with E-state index in [2.05, 4.69) is 0 Å². The van der Waals surface area contributed by atoms with E-state index in [0.717, 1.165) is 30.6 Å². The number of carboxylic acid groups (broad SMARTS) is 1. The number of sulfonamides is 1. The minimum Gasteiger partial charge on any atom is -0.477 e. The summed E-state index contributed by atoms with van der Waals surface area (Å²) in [6, 6.07) is 2.71. The number of rotatable bonds is 3. The van der Waals surface area contributed by atoms with Gasteiger partial charge in [-0.2, -0.15) is 4.31 Å². The van der Waals surface area contributed by atoms with E-state index in [9.17, 15) is 13.2 Å². The summed E-state index contributed by atoms with van der Waals surface area (Å²) in [5.41, 5.74) is 0. The molecule has 0 spiro atoms. The standard InChI is InChI=1S/C10H13NO4S2/c12-10(13)8-4-5-9(16-8)17(14,15)11-6-2-1-3-7-11/h4-5H,1-3,6-7H2,(H,12,13). The van der Waals surface area contributed by atoms with Crippen molar-refractivity contribution in [3.8, 4) is 0 Å². The SMILES string of the molecule is O=C(O)c1ccc(S(=O)(=O)N2CCCCC2)s1. The molecule has 94 valence electrons. The van der Waals surface area contributed by atoms with Crippen LogP contribution in [0, 0.1) is 0 Å². The summed E-state index contributed by atoms with van der Waals surface area (Å²) in [6.45, 7) is 1.06. The molecule has 17 heavy (non-hydrogen) atoms. The van der Waals surface area contributed by atoms with E-state index in [1.807, 2.05) is 0 Å². The summed E-state index contributed by atoms with van der Waals surface area (Å²) >= 11 is 0.812. The van der Waals surface area contributed by atoms with Crippen LogP contribution in [-0.4, -0.2) is 36.9 Å². The molecule has 2 heterocycles. The number of piperidine rings is 1. The van der Waals surface area contributed by atoms with E-state index < -0.39 is 16.0 Å². The maximum Gasteiger partial charge on any atom is 0.345 e. The second kappa shape index (κ2) is 4.75. The molecular weight excluding hydrogens is 262 g/mol. The van der Waals surface area contributed by atoms with E-state index in [4.69, 9.17) is 5.11 Å². The largest absolute Gasteiger partial charge is 0.477 e. The van der Waals surface area contributed by atoms with Gasteiger partial charge in [0.1, 0.15) is 9.09 Å². The Morgan fingerprint density at radius 1 is 1.24 bits per heavy atom. The van der Waals surface area contributed by atoms with Crippen LogP contribution in [0.4, 0.5) is 0 Å². The fourth-order valence-corrected chi connectivity index (χ4v) is 4.62. The molecule has 0 bridgehead atoms. The van der Waals surface area contributed by atoms with Gasteiger partial charge in [0.15, 0.2) is 0 Å². The first-order valence-corrected chi connectivity index (χ1v) is 7.61. The Balaban J connectivity index is 2.27. The van der Waals surface area contributed by atoms with Gasteiger partial charge < -0.3 is 5.11 Å². The fraction of sp³-hybridized carbons (Fsp3) is 0.500. The molecule has 1 N–H and O–H groups in total. The summed E-state index contributed by atoms with van der Waals surface area (Å²) in [5, 5.41) is 8.78. The molecule has 0 radical (unpaired) electrons. The van der Waals surface area contributed by atoms with E-state index in [1.54, 1.807) is 0 Å². The number of carboxylic acids is 1. The number of carbonyl (C=O) groups is 1. The zero-order chi connectivity index (χ0) is 12.5. The highest BCUT2D eigenvalue weighted by Crippen LogP contribution is 2.26. The van der Waals surface area contributed by atoms with Crippen LogP contribution in [0.15, 0.2) is 16.3 Å². The van der Waals surface area contributed by atoms with E-state index in [1.165, 1.54) is 16.4 Å². The topological polar surface area (TPSA) is 74.7 Å². The van der Waals surface area contributed by atoms with Crippen LogP contribution < -0.4 is 0 Å². The third kappa shape index (κ3) is 2.51. The number of hydrogen-bond donors (Lipinski definition) is 1. The van der Waals surface area contributed by atoms with E-state index in [0.29, 0.717) is 13.1 Å². The molecule has 0 atom stereocenters. The molecule has 1 saturated heterocycles. The van der Waals surface area contributed by atoms with Crippen molar-refractivity contribution in [2.45, 2.75) is 23.5 Å². The van der Waals surface area contributed by atoms with E-state index >= 15 is 0 Å².